The summed E-state index contributed by atoms with van der Waals surface area (Å²) in [5, 5.41) is 2.88. The number of hydrogen-bond donors (Lipinski definition) is 1. The fourth-order valence-corrected chi connectivity index (χ4v) is 8.26. The van der Waals surface area contributed by atoms with Crippen LogP contribution in [0.2, 0.25) is 0 Å². The molecule has 1 aromatic carbocycles. The van der Waals surface area contributed by atoms with Crippen LogP contribution in [0.5, 0.6) is 0 Å². The van der Waals surface area contributed by atoms with E-state index in [0.29, 0.717) is 35.9 Å². The van der Waals surface area contributed by atoms with Crippen molar-refractivity contribution in [1.29, 1.82) is 0 Å². The topological polar surface area (TPSA) is 133 Å². The van der Waals surface area contributed by atoms with Crippen LogP contribution < -0.4 is 10.1 Å². The zero-order chi connectivity index (χ0) is 29.0. The van der Waals surface area contributed by atoms with Crippen LogP contribution in [0.1, 0.15) is 46.6 Å². The molecular formula is C27H33N3O7S3. The number of esters is 1. The van der Waals surface area contributed by atoms with Gasteiger partial charge in [-0.15, -0.1) is 11.3 Å². The molecule has 1 unspecified atom stereocenters. The molecule has 0 aliphatic heterocycles. The van der Waals surface area contributed by atoms with Crippen LogP contribution in [-0.4, -0.2) is 62.6 Å². The Kier molecular flexibility index (Phi) is 9.60. The van der Waals surface area contributed by atoms with Crippen LogP contribution in [0, 0.1) is 12.8 Å². The lowest BCUT2D eigenvalue weighted by molar-refractivity contribution is -0.115. The molecule has 1 N–H and O–H groups in total. The van der Waals surface area contributed by atoms with Crippen molar-refractivity contribution in [3.8, 4) is 0 Å². The second-order valence-electron chi connectivity index (χ2n) is 9.86. The summed E-state index contributed by atoms with van der Waals surface area (Å²) < 4.78 is 38.7. The molecule has 2 aromatic heterocycles. The molecule has 1 atom stereocenters. The number of carbonyl (C=O) groups excluding carboxylic acids is 3. The smallest absolute Gasteiger partial charge is 0.341 e. The predicted octanol–water partition coefficient (Wildman–Crippen LogP) is 3.50. The highest BCUT2D eigenvalue weighted by Gasteiger charge is 2.30. The Bertz CT molecular complexity index is 1620. The number of nitrogens with zero attached hydrogens (tertiary/aromatic N) is 2. The van der Waals surface area contributed by atoms with Crippen LogP contribution in [-0.2, 0) is 48.3 Å². The molecule has 0 radical (unpaired) electrons. The Morgan fingerprint density at radius 2 is 1.98 bits per heavy atom. The van der Waals surface area contributed by atoms with Gasteiger partial charge in [0.2, 0.25) is 5.91 Å². The van der Waals surface area contributed by atoms with E-state index in [1.807, 2.05) is 29.7 Å². The molecular weight excluding hydrogens is 575 g/mol. The average Bonchev–Trinajstić information content (AvgIpc) is 3.37. The van der Waals surface area contributed by atoms with Gasteiger partial charge in [-0.25, -0.2) is 13.2 Å². The number of carbonyl (C=O) groups is 3. The van der Waals surface area contributed by atoms with E-state index in [1.54, 1.807) is 14.0 Å². The van der Waals surface area contributed by atoms with E-state index in [4.69, 9.17) is 9.47 Å². The zero-order valence-corrected chi connectivity index (χ0v) is 25.4. The molecule has 0 bridgehead atoms. The number of anilines is 1. The fourth-order valence-electron chi connectivity index (χ4n) is 4.66. The Morgan fingerprint density at radius 1 is 1.20 bits per heavy atom. The van der Waals surface area contributed by atoms with Crippen LogP contribution in [0.3, 0.4) is 0 Å². The minimum Gasteiger partial charge on any atom is -0.462 e. The first-order valence-electron chi connectivity index (χ1n) is 13.0. The largest absolute Gasteiger partial charge is 0.462 e. The number of sulfone groups is 1. The standard InChI is InChI=1S/C27H33N3O7S3/c1-5-37-26(33)24-18-8-6-16(2)12-20(18)38-25(24)28-22(31)14-40(34,35)15-23(32)29-27-30(10-11-36-4)19-9-7-17(3)13-21(19)39-27/h7,9,13,16H,5-6,8,10-12,14-15H2,1-4H3,(H,28,31). The first-order chi connectivity index (χ1) is 19.0. The van der Waals surface area contributed by atoms with Gasteiger partial charge in [0, 0.05) is 18.5 Å². The highest BCUT2D eigenvalue weighted by Crippen LogP contribution is 2.40. The molecule has 40 heavy (non-hydrogen) atoms. The van der Waals surface area contributed by atoms with Gasteiger partial charge in [0.15, 0.2) is 14.6 Å². The fraction of sp³-hybridized carbons (Fsp3) is 0.481. The van der Waals surface area contributed by atoms with Gasteiger partial charge >= 0.3 is 5.97 Å². The van der Waals surface area contributed by atoms with Gasteiger partial charge in [0.1, 0.15) is 16.5 Å². The maximum absolute atomic E-state index is 12.8. The molecule has 1 aliphatic rings. The number of aryl methyl sites for hydroxylation is 1. The number of benzene rings is 1. The van der Waals surface area contributed by atoms with Gasteiger partial charge in [-0.05, 0) is 62.3 Å². The van der Waals surface area contributed by atoms with Crippen LogP contribution >= 0.6 is 22.7 Å². The monoisotopic (exact) mass is 607 g/mol. The molecule has 2 heterocycles. The molecule has 0 saturated carbocycles. The second-order valence-corrected chi connectivity index (χ2v) is 14.0. The van der Waals surface area contributed by atoms with Crippen molar-refractivity contribution in [3.05, 3.63) is 44.6 Å². The van der Waals surface area contributed by atoms with E-state index in [9.17, 15) is 22.8 Å². The summed E-state index contributed by atoms with van der Waals surface area (Å²) >= 11 is 2.56. The maximum atomic E-state index is 12.8. The number of nitrogens with one attached hydrogen (secondary N) is 1. The number of rotatable bonds is 10. The Balaban J connectivity index is 1.51. The third kappa shape index (κ3) is 7.06. The molecule has 3 aromatic rings. The van der Waals surface area contributed by atoms with Crippen molar-refractivity contribution in [2.24, 2.45) is 10.9 Å². The van der Waals surface area contributed by atoms with Gasteiger partial charge in [0.05, 0.1) is 29.0 Å². The second kappa shape index (κ2) is 12.8. The number of thiazole rings is 1. The molecule has 2 amide bonds. The molecule has 1 aliphatic carbocycles. The molecule has 0 spiro atoms. The summed E-state index contributed by atoms with van der Waals surface area (Å²) in [6.07, 6.45) is 2.37. The van der Waals surface area contributed by atoms with Gasteiger partial charge in [0.25, 0.3) is 5.91 Å². The van der Waals surface area contributed by atoms with Crippen LogP contribution in [0.25, 0.3) is 10.2 Å². The third-order valence-corrected chi connectivity index (χ3v) is 10.1. The Labute approximate surface area is 240 Å². The SMILES string of the molecule is CCOC(=O)c1c(NC(=O)CS(=O)(=O)CC(=O)N=c2sc3cc(C)ccc3n2CCOC)sc2c1CCC(C)C2. The van der Waals surface area contributed by atoms with Crippen LogP contribution in [0.4, 0.5) is 5.00 Å². The number of fused-ring (bicyclic) bond motifs is 2. The zero-order valence-electron chi connectivity index (χ0n) is 22.9. The summed E-state index contributed by atoms with van der Waals surface area (Å²) in [4.78, 5) is 43.7. The number of aromatic nitrogens is 1. The summed E-state index contributed by atoms with van der Waals surface area (Å²) in [6, 6.07) is 5.85. The van der Waals surface area contributed by atoms with Crippen molar-refractivity contribution in [1.82, 2.24) is 4.57 Å². The Morgan fingerprint density at radius 3 is 2.70 bits per heavy atom. The van der Waals surface area contributed by atoms with Crippen molar-refractivity contribution in [2.75, 3.05) is 37.1 Å². The molecule has 10 nitrogen and oxygen atoms in total. The van der Waals surface area contributed by atoms with Gasteiger partial charge in [-0.1, -0.05) is 24.3 Å². The molecule has 13 heteroatoms. The molecule has 0 saturated heterocycles. The van der Waals surface area contributed by atoms with Gasteiger partial charge in [-0.3, -0.25) is 9.59 Å². The summed E-state index contributed by atoms with van der Waals surface area (Å²) in [6.45, 7) is 6.78. The molecule has 0 fully saturated rings. The quantitative estimate of drug-likeness (QED) is 0.349. The number of ether oxygens (including phenoxy) is 2. The van der Waals surface area contributed by atoms with E-state index >= 15 is 0 Å². The van der Waals surface area contributed by atoms with Gasteiger partial charge in [-0.2, -0.15) is 4.99 Å². The highest BCUT2D eigenvalue weighted by molar-refractivity contribution is 7.92. The predicted molar refractivity (Wildman–Crippen MR) is 156 cm³/mol. The lowest BCUT2D eigenvalue weighted by Gasteiger charge is -2.18. The number of amides is 2. The van der Waals surface area contributed by atoms with E-state index < -0.39 is 39.1 Å². The van der Waals surface area contributed by atoms with E-state index in [2.05, 4.69) is 17.2 Å². The number of thiophene rings is 1. The Hall–Kier alpha value is -2.87. The van der Waals surface area contributed by atoms with E-state index in [0.717, 1.165) is 39.1 Å². The number of methoxy groups -OCH3 is 1. The van der Waals surface area contributed by atoms with E-state index in [1.165, 1.54) is 22.7 Å². The van der Waals surface area contributed by atoms with Crippen molar-refractivity contribution >= 4 is 65.5 Å². The van der Waals surface area contributed by atoms with Crippen molar-refractivity contribution in [3.63, 3.8) is 0 Å². The minimum atomic E-state index is -4.14. The summed E-state index contributed by atoms with van der Waals surface area (Å²) in [5.74, 6) is -3.61. The van der Waals surface area contributed by atoms with Crippen molar-refractivity contribution in [2.45, 2.75) is 46.6 Å². The van der Waals surface area contributed by atoms with Gasteiger partial charge < -0.3 is 19.4 Å². The lowest BCUT2D eigenvalue weighted by Crippen LogP contribution is -2.28. The first-order valence-corrected chi connectivity index (χ1v) is 16.4. The normalized spacial score (nSPS) is 15.7. The lowest BCUT2D eigenvalue weighted by atomic mass is 9.88. The van der Waals surface area contributed by atoms with Crippen molar-refractivity contribution < 1.29 is 32.3 Å². The highest BCUT2D eigenvalue weighted by atomic mass is 32.2. The summed E-state index contributed by atoms with van der Waals surface area (Å²) in [7, 11) is -2.57. The number of hydrogen-bond acceptors (Lipinski definition) is 9. The first kappa shape index (κ1) is 30.1. The maximum Gasteiger partial charge on any atom is 0.341 e. The van der Waals surface area contributed by atoms with Crippen LogP contribution in [0.15, 0.2) is 23.2 Å². The molecule has 4 rings (SSSR count). The average molecular weight is 608 g/mol. The summed E-state index contributed by atoms with van der Waals surface area (Å²) in [5.41, 5.74) is 3.07. The molecule has 216 valence electrons. The minimum absolute atomic E-state index is 0.179. The third-order valence-electron chi connectivity index (χ3n) is 6.52. The van der Waals surface area contributed by atoms with E-state index in [-0.39, 0.29) is 11.6 Å².